The van der Waals surface area contributed by atoms with E-state index in [1.807, 2.05) is 12.1 Å². The van der Waals surface area contributed by atoms with Crippen LogP contribution in [-0.4, -0.2) is 19.6 Å². The first-order valence-corrected chi connectivity index (χ1v) is 11.8. The molecule has 0 spiro atoms. The smallest absolute Gasteiger partial charge is 0.338 e. The van der Waals surface area contributed by atoms with E-state index in [2.05, 4.69) is 90.4 Å². The maximum absolute atomic E-state index is 13.9. The van der Waals surface area contributed by atoms with Gasteiger partial charge in [0, 0.05) is 24.5 Å². The van der Waals surface area contributed by atoms with Gasteiger partial charge < -0.3 is 14.5 Å². The number of rotatable bonds is 2. The summed E-state index contributed by atoms with van der Waals surface area (Å²) in [5.41, 5.74) is 7.18. The highest BCUT2D eigenvalue weighted by Crippen LogP contribution is 2.47. The minimum atomic E-state index is -0.980. The van der Waals surface area contributed by atoms with E-state index in [9.17, 15) is 4.79 Å². The summed E-state index contributed by atoms with van der Waals surface area (Å²) >= 11 is 0. The molecule has 0 N–H and O–H groups in total. The molecule has 0 unspecified atom stereocenters. The zero-order chi connectivity index (χ0) is 23.4. The van der Waals surface area contributed by atoms with Crippen LogP contribution in [0.2, 0.25) is 0 Å². The molecule has 0 saturated carbocycles. The molecule has 170 valence electrons. The van der Waals surface area contributed by atoms with E-state index in [4.69, 9.17) is 4.74 Å². The average molecular weight is 449 g/mol. The molecule has 2 aliphatic heterocycles. The number of ether oxygens (including phenoxy) is 1. The number of esters is 1. The standard InChI is InChI=1S/C30H28N2O2/c1-20-8-12-27-25(15-20)18-32-28-13-9-21(2)14-24(28)17-31(27)19-30(32,29(33)34-3)26-11-10-22-6-4-5-7-23(22)16-26/h4-16H,17-19H2,1-3H3/t30-/m1/s1. The van der Waals surface area contributed by atoms with E-state index < -0.39 is 5.54 Å². The fraction of sp³-hybridized carbons (Fsp3) is 0.233. The molecule has 4 aromatic carbocycles. The van der Waals surface area contributed by atoms with Gasteiger partial charge in [0.2, 0.25) is 0 Å². The van der Waals surface area contributed by atoms with Crippen molar-refractivity contribution in [2.45, 2.75) is 32.5 Å². The van der Waals surface area contributed by atoms with Gasteiger partial charge in [0.15, 0.2) is 5.54 Å². The lowest BCUT2D eigenvalue weighted by Crippen LogP contribution is -2.56. The van der Waals surface area contributed by atoms with Crippen molar-refractivity contribution in [2.75, 3.05) is 23.5 Å². The largest absolute Gasteiger partial charge is 0.467 e. The molecule has 0 radical (unpaired) electrons. The number of hydrogen-bond acceptors (Lipinski definition) is 4. The maximum atomic E-state index is 13.9. The molecule has 1 atom stereocenters. The lowest BCUT2D eigenvalue weighted by molar-refractivity contribution is -0.147. The number of methoxy groups -OCH3 is 1. The summed E-state index contributed by atoms with van der Waals surface area (Å²) < 4.78 is 5.58. The highest BCUT2D eigenvalue weighted by Gasteiger charge is 2.52. The van der Waals surface area contributed by atoms with Gasteiger partial charge in [-0.05, 0) is 59.5 Å². The first-order valence-electron chi connectivity index (χ1n) is 11.8. The molecule has 0 saturated heterocycles. The SMILES string of the molecule is COC(=O)[C@]1(c2ccc3ccccc3c2)CN2Cc3cc(C)ccc3N1Cc1cc(C)ccc12. The number of hydrogen-bond donors (Lipinski definition) is 0. The fourth-order valence-electron chi connectivity index (χ4n) is 5.80. The second-order valence-corrected chi connectivity index (χ2v) is 9.62. The molecule has 2 aliphatic rings. The topological polar surface area (TPSA) is 32.8 Å². The van der Waals surface area contributed by atoms with Crippen LogP contribution in [0, 0.1) is 13.8 Å². The molecule has 4 heteroatoms. The molecule has 0 fully saturated rings. The Hall–Kier alpha value is -3.79. The molecule has 2 heterocycles. The molecule has 2 bridgehead atoms. The second-order valence-electron chi connectivity index (χ2n) is 9.62. The lowest BCUT2D eigenvalue weighted by Gasteiger charge is -2.42. The molecule has 0 amide bonds. The van der Waals surface area contributed by atoms with Crippen molar-refractivity contribution in [3.8, 4) is 0 Å². The quantitative estimate of drug-likeness (QED) is 0.359. The van der Waals surface area contributed by atoms with Crippen LogP contribution in [0.3, 0.4) is 0 Å². The molecule has 0 aliphatic carbocycles. The van der Waals surface area contributed by atoms with Gasteiger partial charge in [0.05, 0.1) is 13.7 Å². The summed E-state index contributed by atoms with van der Waals surface area (Å²) in [5, 5.41) is 2.28. The Bertz CT molecular complexity index is 1440. The third kappa shape index (κ3) is 3.02. The van der Waals surface area contributed by atoms with Crippen molar-refractivity contribution >= 4 is 28.1 Å². The molecule has 0 aromatic heterocycles. The van der Waals surface area contributed by atoms with E-state index in [0.29, 0.717) is 13.1 Å². The highest BCUT2D eigenvalue weighted by atomic mass is 16.5. The second kappa shape index (κ2) is 7.63. The monoisotopic (exact) mass is 448 g/mol. The van der Waals surface area contributed by atoms with Crippen LogP contribution in [0.1, 0.15) is 27.8 Å². The van der Waals surface area contributed by atoms with Gasteiger partial charge in [-0.25, -0.2) is 4.79 Å². The van der Waals surface area contributed by atoms with Gasteiger partial charge in [-0.1, -0.05) is 71.8 Å². The van der Waals surface area contributed by atoms with Crippen LogP contribution >= 0.6 is 0 Å². The number of carbonyl (C=O) groups excluding carboxylic acids is 1. The first kappa shape index (κ1) is 20.8. The molecular weight excluding hydrogens is 420 g/mol. The van der Waals surface area contributed by atoms with E-state index in [1.54, 1.807) is 0 Å². The summed E-state index contributed by atoms with van der Waals surface area (Å²) in [4.78, 5) is 18.6. The summed E-state index contributed by atoms with van der Waals surface area (Å²) in [6, 6.07) is 27.9. The number of nitrogens with zero attached hydrogens (tertiary/aromatic N) is 2. The van der Waals surface area contributed by atoms with Crippen molar-refractivity contribution in [3.05, 3.63) is 107 Å². The number of aryl methyl sites for hydroxylation is 2. The van der Waals surface area contributed by atoms with Crippen LogP contribution in [0.15, 0.2) is 78.9 Å². The summed E-state index contributed by atoms with van der Waals surface area (Å²) in [6.07, 6.45) is 0. The average Bonchev–Trinajstić information content (AvgIpc) is 3.07. The number of carbonyl (C=O) groups is 1. The van der Waals surface area contributed by atoms with E-state index in [0.717, 1.165) is 28.6 Å². The van der Waals surface area contributed by atoms with Crippen LogP contribution in [0.4, 0.5) is 11.4 Å². The van der Waals surface area contributed by atoms with Crippen LogP contribution in [-0.2, 0) is 28.2 Å². The Balaban J connectivity index is 1.67. The molecule has 4 nitrogen and oxygen atoms in total. The van der Waals surface area contributed by atoms with Crippen molar-refractivity contribution in [3.63, 3.8) is 0 Å². The number of benzene rings is 4. The molecule has 34 heavy (non-hydrogen) atoms. The Morgan fingerprint density at radius 3 is 2.21 bits per heavy atom. The zero-order valence-corrected chi connectivity index (χ0v) is 19.8. The molecule has 6 rings (SSSR count). The van der Waals surface area contributed by atoms with Gasteiger partial charge in [-0.2, -0.15) is 0 Å². The summed E-state index contributed by atoms with van der Waals surface area (Å²) in [6.45, 7) is 6.14. The van der Waals surface area contributed by atoms with E-state index in [1.165, 1.54) is 35.1 Å². The van der Waals surface area contributed by atoms with Gasteiger partial charge in [-0.3, -0.25) is 0 Å². The molecular formula is C30H28N2O2. The predicted molar refractivity (Wildman–Crippen MR) is 137 cm³/mol. The number of anilines is 2. The van der Waals surface area contributed by atoms with Crippen LogP contribution in [0.5, 0.6) is 0 Å². The normalized spacial score (nSPS) is 18.8. The Morgan fingerprint density at radius 1 is 0.794 bits per heavy atom. The van der Waals surface area contributed by atoms with Gasteiger partial charge in [0.1, 0.15) is 0 Å². The minimum Gasteiger partial charge on any atom is -0.467 e. The fourth-order valence-corrected chi connectivity index (χ4v) is 5.80. The summed E-state index contributed by atoms with van der Waals surface area (Å²) in [7, 11) is 1.50. The van der Waals surface area contributed by atoms with Crippen molar-refractivity contribution in [1.29, 1.82) is 0 Å². The Kier molecular flexibility index (Phi) is 4.66. The zero-order valence-electron chi connectivity index (χ0n) is 19.8. The van der Waals surface area contributed by atoms with E-state index >= 15 is 0 Å². The van der Waals surface area contributed by atoms with Crippen LogP contribution in [0.25, 0.3) is 10.8 Å². The maximum Gasteiger partial charge on any atom is 0.338 e. The van der Waals surface area contributed by atoms with Gasteiger partial charge >= 0.3 is 5.97 Å². The van der Waals surface area contributed by atoms with Crippen molar-refractivity contribution < 1.29 is 9.53 Å². The molecule has 4 aromatic rings. The third-order valence-electron chi connectivity index (χ3n) is 7.42. The van der Waals surface area contributed by atoms with Crippen molar-refractivity contribution in [2.24, 2.45) is 0 Å². The Labute approximate surface area is 200 Å². The van der Waals surface area contributed by atoms with Gasteiger partial charge in [0.25, 0.3) is 0 Å². The predicted octanol–water partition coefficient (Wildman–Crippen LogP) is 5.87. The first-order chi connectivity index (χ1) is 16.5. The van der Waals surface area contributed by atoms with Crippen molar-refractivity contribution in [1.82, 2.24) is 0 Å². The minimum absolute atomic E-state index is 0.231. The third-order valence-corrected chi connectivity index (χ3v) is 7.42. The summed E-state index contributed by atoms with van der Waals surface area (Å²) in [5.74, 6) is -0.231. The van der Waals surface area contributed by atoms with Crippen LogP contribution < -0.4 is 9.80 Å². The highest BCUT2D eigenvalue weighted by molar-refractivity contribution is 5.92. The Morgan fingerprint density at radius 2 is 1.47 bits per heavy atom. The lowest BCUT2D eigenvalue weighted by atomic mass is 9.85. The van der Waals surface area contributed by atoms with E-state index in [-0.39, 0.29) is 5.97 Å². The van der Waals surface area contributed by atoms with Gasteiger partial charge in [-0.15, -0.1) is 0 Å². The number of fused-ring (bicyclic) bond motifs is 8.